The first-order chi connectivity index (χ1) is 10.0. The van der Waals surface area contributed by atoms with E-state index in [2.05, 4.69) is 40.3 Å². The van der Waals surface area contributed by atoms with Crippen LogP contribution in [0.2, 0.25) is 0 Å². The quantitative estimate of drug-likeness (QED) is 0.815. The van der Waals surface area contributed by atoms with Gasteiger partial charge in [-0.05, 0) is 53.0 Å². The summed E-state index contributed by atoms with van der Waals surface area (Å²) in [6.45, 7) is 8.45. The van der Waals surface area contributed by atoms with Crippen LogP contribution in [-0.2, 0) is 13.2 Å². The van der Waals surface area contributed by atoms with Gasteiger partial charge in [0, 0.05) is 12.6 Å². The molecule has 0 spiro atoms. The number of hydrogen-bond acceptors (Lipinski definition) is 4. The number of nitrogens with one attached hydrogen (secondary N) is 1. The second-order valence-electron chi connectivity index (χ2n) is 5.53. The van der Waals surface area contributed by atoms with Gasteiger partial charge >= 0.3 is 0 Å². The molecule has 0 atom stereocenters. The van der Waals surface area contributed by atoms with E-state index in [1.54, 1.807) is 0 Å². The number of halogens is 1. The third-order valence-electron chi connectivity index (χ3n) is 2.92. The van der Waals surface area contributed by atoms with Gasteiger partial charge in [-0.1, -0.05) is 25.1 Å². The lowest BCUT2D eigenvalue weighted by Crippen LogP contribution is -2.19. The average molecular weight is 353 g/mol. The predicted molar refractivity (Wildman–Crippen MR) is 86.3 cm³/mol. The molecule has 0 amide bonds. The second kappa shape index (κ2) is 7.61. The van der Waals surface area contributed by atoms with E-state index in [0.717, 1.165) is 34.8 Å². The van der Waals surface area contributed by atoms with Gasteiger partial charge < -0.3 is 14.6 Å². The van der Waals surface area contributed by atoms with Gasteiger partial charge in [0.2, 0.25) is 0 Å². The molecule has 0 aliphatic heterocycles. The number of aromatic nitrogens is 1. The van der Waals surface area contributed by atoms with Crippen molar-refractivity contribution in [2.45, 2.75) is 33.9 Å². The number of rotatable bonds is 7. The summed E-state index contributed by atoms with van der Waals surface area (Å²) in [4.78, 5) is 0. The molecule has 0 saturated heterocycles. The zero-order valence-electron chi connectivity index (χ0n) is 12.6. The standard InChI is InChI=1S/C16H21BrN2O2/c1-11(2)8-18-9-13-7-14(21-19-13)10-20-16-5-4-12(3)6-15(16)17/h4-7,11,18H,8-10H2,1-3H3. The van der Waals surface area contributed by atoms with E-state index in [0.29, 0.717) is 12.5 Å². The summed E-state index contributed by atoms with van der Waals surface area (Å²) in [6.07, 6.45) is 0. The summed E-state index contributed by atoms with van der Waals surface area (Å²) >= 11 is 3.49. The maximum atomic E-state index is 5.73. The largest absolute Gasteiger partial charge is 0.484 e. The van der Waals surface area contributed by atoms with Gasteiger partial charge in [0.05, 0.1) is 10.2 Å². The first-order valence-corrected chi connectivity index (χ1v) is 7.88. The summed E-state index contributed by atoms with van der Waals surface area (Å²) in [5.74, 6) is 2.15. The SMILES string of the molecule is Cc1ccc(OCc2cc(CNCC(C)C)no2)c(Br)c1. The molecular weight excluding hydrogens is 332 g/mol. The smallest absolute Gasteiger partial charge is 0.174 e. The normalized spacial score (nSPS) is 11.1. The van der Waals surface area contributed by atoms with Gasteiger partial charge in [-0.25, -0.2) is 0 Å². The van der Waals surface area contributed by atoms with Gasteiger partial charge in [-0.15, -0.1) is 0 Å². The minimum Gasteiger partial charge on any atom is -0.484 e. The topological polar surface area (TPSA) is 47.3 Å². The van der Waals surface area contributed by atoms with Crippen LogP contribution < -0.4 is 10.1 Å². The molecule has 4 nitrogen and oxygen atoms in total. The molecule has 0 saturated carbocycles. The molecule has 2 rings (SSSR count). The Morgan fingerprint density at radius 1 is 1.33 bits per heavy atom. The fourth-order valence-corrected chi connectivity index (χ4v) is 2.48. The highest BCUT2D eigenvalue weighted by molar-refractivity contribution is 9.10. The summed E-state index contributed by atoms with van der Waals surface area (Å²) in [7, 11) is 0. The molecule has 0 aliphatic rings. The fourth-order valence-electron chi connectivity index (χ4n) is 1.87. The minimum atomic E-state index is 0.374. The van der Waals surface area contributed by atoms with Crippen LogP contribution in [0.4, 0.5) is 0 Å². The van der Waals surface area contributed by atoms with E-state index < -0.39 is 0 Å². The van der Waals surface area contributed by atoms with E-state index in [9.17, 15) is 0 Å². The van der Waals surface area contributed by atoms with Crippen LogP contribution in [0.1, 0.15) is 30.9 Å². The van der Waals surface area contributed by atoms with Crippen LogP contribution >= 0.6 is 15.9 Å². The summed E-state index contributed by atoms with van der Waals surface area (Å²) in [5, 5.41) is 7.37. The molecule has 0 bridgehead atoms. The highest BCUT2D eigenvalue weighted by Crippen LogP contribution is 2.26. The molecule has 0 fully saturated rings. The Morgan fingerprint density at radius 3 is 2.86 bits per heavy atom. The predicted octanol–water partition coefficient (Wildman–Crippen LogP) is 4.07. The van der Waals surface area contributed by atoms with Gasteiger partial charge in [0.15, 0.2) is 5.76 Å². The maximum absolute atomic E-state index is 5.73. The van der Waals surface area contributed by atoms with Gasteiger partial charge in [-0.3, -0.25) is 0 Å². The van der Waals surface area contributed by atoms with Crippen molar-refractivity contribution in [2.24, 2.45) is 5.92 Å². The van der Waals surface area contributed by atoms with E-state index in [1.807, 2.05) is 31.2 Å². The lowest BCUT2D eigenvalue weighted by atomic mass is 10.2. The number of ether oxygens (including phenoxy) is 1. The maximum Gasteiger partial charge on any atom is 0.174 e. The van der Waals surface area contributed by atoms with Crippen LogP contribution in [-0.4, -0.2) is 11.7 Å². The van der Waals surface area contributed by atoms with Gasteiger partial charge in [0.1, 0.15) is 12.4 Å². The first kappa shape index (κ1) is 16.0. The summed E-state index contributed by atoms with van der Waals surface area (Å²) in [6, 6.07) is 7.91. The Balaban J connectivity index is 1.85. The van der Waals surface area contributed by atoms with Crippen molar-refractivity contribution in [3.8, 4) is 5.75 Å². The number of benzene rings is 1. The van der Waals surface area contributed by atoms with E-state index in [-0.39, 0.29) is 0 Å². The zero-order valence-corrected chi connectivity index (χ0v) is 14.2. The molecule has 1 aromatic heterocycles. The minimum absolute atomic E-state index is 0.374. The zero-order chi connectivity index (χ0) is 15.2. The highest BCUT2D eigenvalue weighted by Gasteiger charge is 2.07. The molecule has 0 radical (unpaired) electrons. The molecule has 1 N–H and O–H groups in total. The van der Waals surface area contributed by atoms with E-state index >= 15 is 0 Å². The molecule has 21 heavy (non-hydrogen) atoms. The van der Waals surface area contributed by atoms with Crippen molar-refractivity contribution in [3.05, 3.63) is 45.8 Å². The van der Waals surface area contributed by atoms with E-state index in [4.69, 9.17) is 9.26 Å². The summed E-state index contributed by atoms with van der Waals surface area (Å²) < 4.78 is 12.0. The lowest BCUT2D eigenvalue weighted by molar-refractivity contribution is 0.247. The second-order valence-corrected chi connectivity index (χ2v) is 6.39. The molecule has 2 aromatic rings. The molecule has 1 aromatic carbocycles. The van der Waals surface area contributed by atoms with Crippen molar-refractivity contribution < 1.29 is 9.26 Å². The van der Waals surface area contributed by atoms with Gasteiger partial charge in [0.25, 0.3) is 0 Å². The molecule has 5 heteroatoms. The third-order valence-corrected chi connectivity index (χ3v) is 3.54. The number of aryl methyl sites for hydroxylation is 1. The Morgan fingerprint density at radius 2 is 2.14 bits per heavy atom. The molecule has 1 heterocycles. The fraction of sp³-hybridized carbons (Fsp3) is 0.438. The van der Waals surface area contributed by atoms with Crippen molar-refractivity contribution in [1.82, 2.24) is 10.5 Å². The van der Waals surface area contributed by atoms with Crippen molar-refractivity contribution in [1.29, 1.82) is 0 Å². The van der Waals surface area contributed by atoms with Crippen LogP contribution in [0, 0.1) is 12.8 Å². The molecular formula is C16H21BrN2O2. The van der Waals surface area contributed by atoms with Crippen molar-refractivity contribution in [3.63, 3.8) is 0 Å². The molecule has 0 unspecified atom stereocenters. The Bertz CT molecular complexity index is 581. The Hall–Kier alpha value is -1.33. The number of nitrogens with zero attached hydrogens (tertiary/aromatic N) is 1. The first-order valence-electron chi connectivity index (χ1n) is 7.08. The van der Waals surface area contributed by atoms with E-state index in [1.165, 1.54) is 5.56 Å². The monoisotopic (exact) mass is 352 g/mol. The van der Waals surface area contributed by atoms with Gasteiger partial charge in [-0.2, -0.15) is 0 Å². The van der Waals surface area contributed by atoms with Crippen molar-refractivity contribution >= 4 is 15.9 Å². The molecule has 0 aliphatic carbocycles. The van der Waals surface area contributed by atoms with Crippen LogP contribution in [0.25, 0.3) is 0 Å². The number of hydrogen-bond donors (Lipinski definition) is 1. The van der Waals surface area contributed by atoms with Crippen LogP contribution in [0.15, 0.2) is 33.3 Å². The molecule has 114 valence electrons. The summed E-state index contributed by atoms with van der Waals surface area (Å²) in [5.41, 5.74) is 2.09. The van der Waals surface area contributed by atoms with Crippen LogP contribution in [0.3, 0.4) is 0 Å². The average Bonchev–Trinajstić information content (AvgIpc) is 2.85. The van der Waals surface area contributed by atoms with Crippen molar-refractivity contribution in [2.75, 3.05) is 6.54 Å². The third kappa shape index (κ3) is 5.17. The van der Waals surface area contributed by atoms with Crippen LogP contribution in [0.5, 0.6) is 5.75 Å². The Kier molecular flexibility index (Phi) is 5.82. The Labute approximate surface area is 134 Å². The highest BCUT2D eigenvalue weighted by atomic mass is 79.9. The lowest BCUT2D eigenvalue weighted by Gasteiger charge is -2.06.